The molecular formula is C11H26N2S. The van der Waals surface area contributed by atoms with Crippen molar-refractivity contribution in [3.05, 3.63) is 0 Å². The Kier molecular flexibility index (Phi) is 10.0. The minimum Gasteiger partial charge on any atom is -0.329 e. The highest BCUT2D eigenvalue weighted by Gasteiger charge is 2.11. The van der Waals surface area contributed by atoms with Crippen molar-refractivity contribution in [3.8, 4) is 0 Å². The largest absolute Gasteiger partial charge is 0.329 e. The second-order valence-corrected chi connectivity index (χ2v) is 4.84. The van der Waals surface area contributed by atoms with Gasteiger partial charge in [-0.1, -0.05) is 13.3 Å². The maximum Gasteiger partial charge on any atom is 0.0215 e. The number of unbranched alkanes of at least 4 members (excludes halogenated alkanes) is 1. The zero-order chi connectivity index (χ0) is 10.8. The minimum atomic E-state index is 0.591. The van der Waals surface area contributed by atoms with E-state index in [9.17, 15) is 0 Å². The Morgan fingerprint density at radius 3 is 2.57 bits per heavy atom. The molecule has 0 amide bonds. The standard InChI is InChI=1S/C11H26N2S/c1-4-5-8-13(2)11(10-12)7-6-9-14-3/h11H,4-10,12H2,1-3H3. The number of hydrogen-bond donors (Lipinski definition) is 1. The van der Waals surface area contributed by atoms with E-state index in [4.69, 9.17) is 5.73 Å². The Labute approximate surface area is 93.6 Å². The molecule has 0 rings (SSSR count). The van der Waals surface area contributed by atoms with Crippen molar-refractivity contribution in [3.63, 3.8) is 0 Å². The van der Waals surface area contributed by atoms with Crippen LogP contribution in [0.3, 0.4) is 0 Å². The first-order valence-corrected chi connectivity index (χ1v) is 7.04. The van der Waals surface area contributed by atoms with Crippen molar-refractivity contribution in [1.29, 1.82) is 0 Å². The van der Waals surface area contributed by atoms with Gasteiger partial charge in [-0.15, -0.1) is 0 Å². The Bertz CT molecular complexity index is 120. The SMILES string of the molecule is CCCCN(C)C(CN)CCCSC. The predicted molar refractivity (Wildman–Crippen MR) is 68.0 cm³/mol. The quantitative estimate of drug-likeness (QED) is 0.602. The smallest absolute Gasteiger partial charge is 0.0215 e. The highest BCUT2D eigenvalue weighted by Crippen LogP contribution is 2.08. The molecule has 0 spiro atoms. The van der Waals surface area contributed by atoms with Gasteiger partial charge in [-0.25, -0.2) is 0 Å². The summed E-state index contributed by atoms with van der Waals surface area (Å²) in [6, 6.07) is 0.591. The van der Waals surface area contributed by atoms with Crippen LogP contribution in [0.4, 0.5) is 0 Å². The summed E-state index contributed by atoms with van der Waals surface area (Å²) in [5.74, 6) is 1.26. The lowest BCUT2D eigenvalue weighted by Crippen LogP contribution is -2.38. The molecule has 0 aliphatic heterocycles. The fourth-order valence-corrected chi connectivity index (χ4v) is 2.03. The highest BCUT2D eigenvalue weighted by molar-refractivity contribution is 7.98. The summed E-state index contributed by atoms with van der Waals surface area (Å²) in [6.45, 7) is 4.23. The van der Waals surface area contributed by atoms with Crippen LogP contribution >= 0.6 is 11.8 Å². The number of nitrogens with two attached hydrogens (primary N) is 1. The van der Waals surface area contributed by atoms with Crippen LogP contribution in [0.2, 0.25) is 0 Å². The molecule has 86 valence electrons. The molecule has 1 atom stereocenters. The van der Waals surface area contributed by atoms with Crippen LogP contribution in [0.15, 0.2) is 0 Å². The van der Waals surface area contributed by atoms with Crippen LogP contribution in [0.25, 0.3) is 0 Å². The molecule has 0 fully saturated rings. The third-order valence-electron chi connectivity index (χ3n) is 2.65. The monoisotopic (exact) mass is 218 g/mol. The van der Waals surface area contributed by atoms with Gasteiger partial charge < -0.3 is 10.6 Å². The molecule has 0 saturated heterocycles. The van der Waals surface area contributed by atoms with E-state index in [-0.39, 0.29) is 0 Å². The molecule has 0 saturated carbocycles. The van der Waals surface area contributed by atoms with Crippen molar-refractivity contribution in [2.45, 2.75) is 38.6 Å². The van der Waals surface area contributed by atoms with E-state index < -0.39 is 0 Å². The predicted octanol–water partition coefficient (Wildman–Crippen LogP) is 2.19. The van der Waals surface area contributed by atoms with Crippen LogP contribution in [0.5, 0.6) is 0 Å². The van der Waals surface area contributed by atoms with Crippen LogP contribution in [-0.2, 0) is 0 Å². The molecule has 2 nitrogen and oxygen atoms in total. The van der Waals surface area contributed by atoms with Crippen LogP contribution in [-0.4, -0.2) is 43.1 Å². The van der Waals surface area contributed by atoms with E-state index in [1.165, 1.54) is 38.0 Å². The first-order valence-electron chi connectivity index (χ1n) is 5.65. The second kappa shape index (κ2) is 9.81. The van der Waals surface area contributed by atoms with E-state index in [0.717, 1.165) is 6.54 Å². The van der Waals surface area contributed by atoms with Gasteiger partial charge in [0.25, 0.3) is 0 Å². The number of likely N-dealkylation sites (N-methyl/N-ethyl adjacent to an activating group) is 1. The number of hydrogen-bond acceptors (Lipinski definition) is 3. The molecule has 2 N–H and O–H groups in total. The first kappa shape index (κ1) is 14.3. The van der Waals surface area contributed by atoms with Crippen LogP contribution in [0, 0.1) is 0 Å². The van der Waals surface area contributed by atoms with Crippen molar-refractivity contribution < 1.29 is 0 Å². The maximum atomic E-state index is 5.78. The normalized spacial score (nSPS) is 13.5. The van der Waals surface area contributed by atoms with E-state index >= 15 is 0 Å². The Balaban J connectivity index is 3.62. The molecule has 0 radical (unpaired) electrons. The van der Waals surface area contributed by atoms with Gasteiger partial charge >= 0.3 is 0 Å². The van der Waals surface area contributed by atoms with E-state index in [2.05, 4.69) is 25.1 Å². The molecule has 1 unspecified atom stereocenters. The summed E-state index contributed by atoms with van der Waals surface area (Å²) >= 11 is 1.92. The molecule has 0 bridgehead atoms. The maximum absolute atomic E-state index is 5.78. The first-order chi connectivity index (χ1) is 6.76. The van der Waals surface area contributed by atoms with Gasteiger partial charge in [0.15, 0.2) is 0 Å². The third-order valence-corrected chi connectivity index (χ3v) is 3.34. The van der Waals surface area contributed by atoms with E-state index in [0.29, 0.717) is 6.04 Å². The minimum absolute atomic E-state index is 0.591. The van der Waals surface area contributed by atoms with Crippen molar-refractivity contribution in [1.82, 2.24) is 4.90 Å². The third kappa shape index (κ3) is 6.68. The molecule has 0 aromatic heterocycles. The fourth-order valence-electron chi connectivity index (χ4n) is 1.57. The van der Waals surface area contributed by atoms with Crippen molar-refractivity contribution >= 4 is 11.8 Å². The number of thioether (sulfide) groups is 1. The zero-order valence-electron chi connectivity index (χ0n) is 9.96. The lowest BCUT2D eigenvalue weighted by Gasteiger charge is -2.26. The van der Waals surface area contributed by atoms with Crippen molar-refractivity contribution in [2.24, 2.45) is 5.73 Å². The van der Waals surface area contributed by atoms with Gasteiger partial charge in [0.2, 0.25) is 0 Å². The summed E-state index contributed by atoms with van der Waals surface area (Å²) < 4.78 is 0. The van der Waals surface area contributed by atoms with Gasteiger partial charge in [0.1, 0.15) is 0 Å². The van der Waals surface area contributed by atoms with E-state index in [1.54, 1.807) is 0 Å². The summed E-state index contributed by atoms with van der Waals surface area (Å²) in [7, 11) is 2.20. The van der Waals surface area contributed by atoms with Gasteiger partial charge in [-0.3, -0.25) is 0 Å². The average Bonchev–Trinajstić information content (AvgIpc) is 2.21. The Morgan fingerprint density at radius 2 is 2.07 bits per heavy atom. The summed E-state index contributed by atoms with van der Waals surface area (Å²) in [6.07, 6.45) is 7.26. The molecule has 0 aliphatic rings. The van der Waals surface area contributed by atoms with Gasteiger partial charge in [0, 0.05) is 12.6 Å². The lowest BCUT2D eigenvalue weighted by atomic mass is 10.1. The van der Waals surface area contributed by atoms with Crippen LogP contribution in [0.1, 0.15) is 32.6 Å². The van der Waals surface area contributed by atoms with Crippen LogP contribution < -0.4 is 5.73 Å². The Hall–Kier alpha value is 0.270. The molecule has 0 aromatic carbocycles. The highest BCUT2D eigenvalue weighted by atomic mass is 32.2. The average molecular weight is 218 g/mol. The molecule has 0 heterocycles. The van der Waals surface area contributed by atoms with Gasteiger partial charge in [0.05, 0.1) is 0 Å². The summed E-state index contributed by atoms with van der Waals surface area (Å²) in [4.78, 5) is 2.42. The number of rotatable bonds is 9. The molecule has 14 heavy (non-hydrogen) atoms. The second-order valence-electron chi connectivity index (χ2n) is 3.86. The molecule has 0 aliphatic carbocycles. The van der Waals surface area contributed by atoms with Gasteiger partial charge in [-0.05, 0) is 44.9 Å². The number of nitrogens with zero attached hydrogens (tertiary/aromatic N) is 1. The zero-order valence-corrected chi connectivity index (χ0v) is 10.8. The topological polar surface area (TPSA) is 29.3 Å². The lowest BCUT2D eigenvalue weighted by molar-refractivity contribution is 0.231. The fraction of sp³-hybridized carbons (Fsp3) is 1.00. The Morgan fingerprint density at radius 1 is 1.36 bits per heavy atom. The van der Waals surface area contributed by atoms with Gasteiger partial charge in [-0.2, -0.15) is 11.8 Å². The summed E-state index contributed by atoms with van der Waals surface area (Å²) in [5.41, 5.74) is 5.78. The molecule has 3 heteroatoms. The summed E-state index contributed by atoms with van der Waals surface area (Å²) in [5, 5.41) is 0. The molecular weight excluding hydrogens is 192 g/mol. The van der Waals surface area contributed by atoms with Crippen molar-refractivity contribution in [2.75, 3.05) is 32.1 Å². The van der Waals surface area contributed by atoms with E-state index in [1.807, 2.05) is 11.8 Å². The molecule has 0 aromatic rings.